The summed E-state index contributed by atoms with van der Waals surface area (Å²) in [7, 11) is 3.14. The first-order valence-electron chi connectivity index (χ1n) is 9.08. The molecule has 1 aliphatic heterocycles. The van der Waals surface area contributed by atoms with Gasteiger partial charge in [-0.25, -0.2) is 9.97 Å². The van der Waals surface area contributed by atoms with Crippen LogP contribution >= 0.6 is 0 Å². The molecule has 0 radical (unpaired) electrons. The number of hydrogen-bond donors (Lipinski definition) is 1. The fourth-order valence-electron chi connectivity index (χ4n) is 3.34. The number of benzene rings is 1. The van der Waals surface area contributed by atoms with E-state index in [0.717, 1.165) is 5.56 Å². The lowest BCUT2D eigenvalue weighted by Crippen LogP contribution is -2.42. The lowest BCUT2D eigenvalue weighted by Gasteiger charge is -2.32. The number of hydrogen-bond acceptors (Lipinski definition) is 7. The summed E-state index contributed by atoms with van der Waals surface area (Å²) in [5, 5.41) is 7.47. The predicted molar refractivity (Wildman–Crippen MR) is 103 cm³/mol. The van der Waals surface area contributed by atoms with Crippen LogP contribution in [0.2, 0.25) is 0 Å². The zero-order valence-electron chi connectivity index (χ0n) is 16.3. The van der Waals surface area contributed by atoms with Gasteiger partial charge in [-0.15, -0.1) is 5.10 Å². The second-order valence-electron chi connectivity index (χ2n) is 6.51. The van der Waals surface area contributed by atoms with E-state index in [0.29, 0.717) is 29.0 Å². The van der Waals surface area contributed by atoms with Crippen LogP contribution in [0.5, 0.6) is 11.5 Å². The van der Waals surface area contributed by atoms with Crippen molar-refractivity contribution in [2.75, 3.05) is 20.8 Å². The first kappa shape index (κ1) is 18.9. The van der Waals surface area contributed by atoms with Gasteiger partial charge in [-0.05, 0) is 36.8 Å². The van der Waals surface area contributed by atoms with Crippen LogP contribution in [-0.4, -0.2) is 46.5 Å². The Morgan fingerprint density at radius 3 is 2.72 bits per heavy atom. The highest BCUT2D eigenvalue weighted by Crippen LogP contribution is 2.38. The number of nitrogens with zero attached hydrogens (tertiary/aromatic N) is 4. The van der Waals surface area contributed by atoms with E-state index in [4.69, 9.17) is 14.2 Å². The number of nitrogens with one attached hydrogen (secondary N) is 1. The van der Waals surface area contributed by atoms with Gasteiger partial charge in [0, 0.05) is 6.20 Å². The number of aryl methyl sites for hydroxylation is 1. The zero-order chi connectivity index (χ0) is 20.4. The van der Waals surface area contributed by atoms with Gasteiger partial charge in [0.1, 0.15) is 18.5 Å². The average Bonchev–Trinajstić information content (AvgIpc) is 3.15. The van der Waals surface area contributed by atoms with Crippen LogP contribution in [0.4, 0.5) is 0 Å². The molecular formula is C20H21N5O4. The molecule has 1 saturated heterocycles. The minimum Gasteiger partial charge on any atom is -0.493 e. The zero-order valence-corrected chi connectivity index (χ0v) is 16.3. The van der Waals surface area contributed by atoms with Crippen LogP contribution in [0.3, 0.4) is 0 Å². The molecule has 1 fully saturated rings. The summed E-state index contributed by atoms with van der Waals surface area (Å²) >= 11 is 0. The molecule has 0 saturated carbocycles. The molecule has 150 valence electrons. The van der Waals surface area contributed by atoms with E-state index in [-0.39, 0.29) is 12.5 Å². The van der Waals surface area contributed by atoms with E-state index < -0.39 is 12.1 Å². The smallest absolute Gasteiger partial charge is 0.246 e. The van der Waals surface area contributed by atoms with E-state index in [1.54, 1.807) is 38.1 Å². The Kier molecular flexibility index (Phi) is 5.13. The first-order chi connectivity index (χ1) is 14.1. The van der Waals surface area contributed by atoms with Gasteiger partial charge in [0.25, 0.3) is 0 Å². The van der Waals surface area contributed by atoms with Gasteiger partial charge in [0.05, 0.1) is 20.3 Å². The van der Waals surface area contributed by atoms with Gasteiger partial charge in [0.2, 0.25) is 5.91 Å². The average molecular weight is 395 g/mol. The predicted octanol–water partition coefficient (Wildman–Crippen LogP) is 1.92. The minimum atomic E-state index is -0.561. The number of pyridine rings is 1. The lowest BCUT2D eigenvalue weighted by molar-refractivity contribution is -0.138. The van der Waals surface area contributed by atoms with Gasteiger partial charge < -0.3 is 19.5 Å². The maximum Gasteiger partial charge on any atom is 0.246 e. The van der Waals surface area contributed by atoms with Crippen LogP contribution in [0.1, 0.15) is 29.4 Å². The van der Waals surface area contributed by atoms with E-state index >= 15 is 0 Å². The summed E-state index contributed by atoms with van der Waals surface area (Å²) in [5.41, 5.74) is 0.800. The number of carbonyl (C=O) groups is 1. The van der Waals surface area contributed by atoms with Crippen molar-refractivity contribution in [2.45, 2.75) is 19.1 Å². The number of rotatable bonds is 5. The van der Waals surface area contributed by atoms with Gasteiger partial charge in [-0.1, -0.05) is 12.1 Å². The van der Waals surface area contributed by atoms with Crippen molar-refractivity contribution in [3.8, 4) is 17.3 Å². The molecule has 0 unspecified atom stereocenters. The number of carbonyl (C=O) groups excluding carboxylic acids is 1. The van der Waals surface area contributed by atoms with Crippen molar-refractivity contribution >= 4 is 5.91 Å². The second kappa shape index (κ2) is 7.88. The Morgan fingerprint density at radius 1 is 1.17 bits per heavy atom. The fraction of sp³-hybridized carbons (Fsp3) is 0.300. The Morgan fingerprint density at radius 2 is 2.00 bits per heavy atom. The van der Waals surface area contributed by atoms with E-state index in [1.165, 1.54) is 0 Å². The third kappa shape index (κ3) is 3.64. The van der Waals surface area contributed by atoms with Crippen molar-refractivity contribution in [3.05, 3.63) is 59.8 Å². The van der Waals surface area contributed by atoms with E-state index in [9.17, 15) is 4.79 Å². The minimum absolute atomic E-state index is 0.0669. The van der Waals surface area contributed by atoms with Gasteiger partial charge >= 0.3 is 0 Å². The molecule has 0 spiro atoms. The van der Waals surface area contributed by atoms with E-state index in [2.05, 4.69) is 20.4 Å². The normalized spacial score (nSPS) is 18.9. The summed E-state index contributed by atoms with van der Waals surface area (Å²) in [4.78, 5) is 21.0. The molecule has 9 nitrogen and oxygen atoms in total. The van der Waals surface area contributed by atoms with Crippen molar-refractivity contribution in [1.82, 2.24) is 25.1 Å². The van der Waals surface area contributed by atoms with Crippen molar-refractivity contribution in [2.24, 2.45) is 0 Å². The number of aromatic nitrogens is 4. The number of amides is 1. The summed E-state index contributed by atoms with van der Waals surface area (Å²) < 4.78 is 18.3. The quantitative estimate of drug-likeness (QED) is 0.704. The molecule has 4 rings (SSSR count). The highest BCUT2D eigenvalue weighted by atomic mass is 16.5. The van der Waals surface area contributed by atoms with Crippen molar-refractivity contribution < 1.29 is 19.0 Å². The van der Waals surface area contributed by atoms with Crippen LogP contribution in [0.15, 0.2) is 42.6 Å². The summed E-state index contributed by atoms with van der Waals surface area (Å²) in [6, 6.07) is 10.5. The third-order valence-corrected chi connectivity index (χ3v) is 4.64. The Hall–Kier alpha value is -3.46. The maximum atomic E-state index is 12.1. The molecule has 1 amide bonds. The summed E-state index contributed by atoms with van der Waals surface area (Å²) in [6.45, 7) is 1.73. The summed E-state index contributed by atoms with van der Waals surface area (Å²) in [6.07, 6.45) is 1.12. The molecule has 1 N–H and O–H groups in total. The van der Waals surface area contributed by atoms with Crippen LogP contribution in [0, 0.1) is 6.92 Å². The Balaban J connectivity index is 1.78. The Bertz CT molecular complexity index is 1020. The van der Waals surface area contributed by atoms with Crippen molar-refractivity contribution in [1.29, 1.82) is 0 Å². The maximum absolute atomic E-state index is 12.1. The van der Waals surface area contributed by atoms with Gasteiger partial charge in [-0.3, -0.25) is 4.79 Å². The number of ether oxygens (including phenoxy) is 3. The highest BCUT2D eigenvalue weighted by Gasteiger charge is 2.36. The van der Waals surface area contributed by atoms with Gasteiger partial charge in [0.15, 0.2) is 23.1 Å². The highest BCUT2D eigenvalue weighted by molar-refractivity contribution is 5.78. The van der Waals surface area contributed by atoms with Crippen LogP contribution in [0.25, 0.3) is 5.82 Å². The molecule has 9 heteroatoms. The second-order valence-corrected chi connectivity index (χ2v) is 6.51. The molecule has 2 aromatic heterocycles. The molecule has 1 aromatic carbocycles. The lowest BCUT2D eigenvalue weighted by atomic mass is 9.98. The largest absolute Gasteiger partial charge is 0.493 e. The number of methoxy groups -OCH3 is 2. The molecular weight excluding hydrogens is 374 g/mol. The third-order valence-electron chi connectivity index (χ3n) is 4.64. The topological polar surface area (TPSA) is 100 Å². The van der Waals surface area contributed by atoms with E-state index in [1.807, 2.05) is 30.3 Å². The van der Waals surface area contributed by atoms with Crippen LogP contribution < -0.4 is 14.8 Å². The first-order valence-corrected chi connectivity index (χ1v) is 9.08. The standard InChI is InChI=1S/C20H21N5O4/c1-12-22-20(25(24-12)16-6-4-5-9-21-16)19-18(23-17(26)11-29-19)13-7-8-14(27-2)15(10-13)28-3/h4-10,18-19H,11H2,1-3H3,(H,23,26)/t18-,19+/m1/s1. The number of morpholine rings is 1. The molecule has 1 aliphatic rings. The monoisotopic (exact) mass is 395 g/mol. The molecule has 3 aromatic rings. The molecule has 0 aliphatic carbocycles. The van der Waals surface area contributed by atoms with Crippen LogP contribution in [-0.2, 0) is 9.53 Å². The fourth-order valence-corrected chi connectivity index (χ4v) is 3.34. The van der Waals surface area contributed by atoms with Gasteiger partial charge in [-0.2, -0.15) is 4.68 Å². The molecule has 0 bridgehead atoms. The molecule has 29 heavy (non-hydrogen) atoms. The SMILES string of the molecule is COc1ccc([C@H]2NC(=O)CO[C@@H]2c2nc(C)nn2-c2ccccn2)cc1OC. The van der Waals surface area contributed by atoms with Crippen molar-refractivity contribution in [3.63, 3.8) is 0 Å². The summed E-state index contributed by atoms with van der Waals surface area (Å²) in [5.74, 6) is 2.71. The Labute approximate surface area is 167 Å². The molecule has 3 heterocycles. The molecule has 2 atom stereocenters.